The summed E-state index contributed by atoms with van der Waals surface area (Å²) >= 11 is 0. The fourth-order valence-corrected chi connectivity index (χ4v) is 5.77. The maximum Gasteiger partial charge on any atom is 0.312 e. The lowest BCUT2D eigenvalue weighted by Crippen LogP contribution is -2.59. The Kier molecular flexibility index (Phi) is 6.96. The summed E-state index contributed by atoms with van der Waals surface area (Å²) < 4.78 is 12.1. The van der Waals surface area contributed by atoms with Crippen molar-refractivity contribution < 1.29 is 29.0 Å². The molecule has 33 heavy (non-hydrogen) atoms. The van der Waals surface area contributed by atoms with Gasteiger partial charge in [0.25, 0.3) is 0 Å². The second kappa shape index (κ2) is 9.58. The largest absolute Gasteiger partial charge is 0.465 e. The van der Waals surface area contributed by atoms with E-state index in [1.807, 2.05) is 38.2 Å². The molecule has 0 aliphatic carbocycles. The van der Waals surface area contributed by atoms with Gasteiger partial charge in [0.05, 0.1) is 31.3 Å². The maximum absolute atomic E-state index is 14.0. The molecule has 6 atom stereocenters. The number of aliphatic hydroxyl groups excluding tert-OH is 1. The van der Waals surface area contributed by atoms with Gasteiger partial charge in [-0.2, -0.15) is 0 Å². The number of nitrogens with zero attached hydrogens (tertiary/aromatic N) is 2. The zero-order chi connectivity index (χ0) is 23.8. The quantitative estimate of drug-likeness (QED) is 0.479. The van der Waals surface area contributed by atoms with Gasteiger partial charge in [0.1, 0.15) is 17.6 Å². The second-order valence-electron chi connectivity index (χ2n) is 9.86. The molecule has 0 aromatic carbocycles. The highest BCUT2D eigenvalue weighted by Gasteiger charge is 2.72. The van der Waals surface area contributed by atoms with E-state index in [0.29, 0.717) is 19.5 Å². The fourth-order valence-electron chi connectivity index (χ4n) is 5.77. The van der Waals surface area contributed by atoms with Crippen LogP contribution in [0.4, 0.5) is 0 Å². The lowest BCUT2D eigenvalue weighted by molar-refractivity contribution is -0.156. The highest BCUT2D eigenvalue weighted by molar-refractivity contribution is 5.99. The number of hydrogen-bond donors (Lipinski definition) is 1. The maximum atomic E-state index is 14.0. The number of aliphatic hydroxyl groups is 1. The minimum atomic E-state index is -1.27. The first-order chi connectivity index (χ1) is 15.9. The minimum absolute atomic E-state index is 0.0814. The molecule has 4 aliphatic rings. The van der Waals surface area contributed by atoms with Crippen LogP contribution in [-0.2, 0) is 23.9 Å². The van der Waals surface area contributed by atoms with Crippen LogP contribution < -0.4 is 0 Å². The van der Waals surface area contributed by atoms with Crippen LogP contribution in [0.2, 0.25) is 0 Å². The molecule has 4 aliphatic heterocycles. The zero-order valence-electron chi connectivity index (χ0n) is 19.8. The zero-order valence-corrected chi connectivity index (χ0v) is 19.8. The number of allylic oxidation sites excluding steroid dienone is 1. The number of likely N-dealkylation sites (tertiary alicyclic amines) is 1. The Morgan fingerprint density at radius 3 is 2.70 bits per heavy atom. The predicted molar refractivity (Wildman–Crippen MR) is 121 cm³/mol. The number of hydrogen-bond acceptors (Lipinski definition) is 6. The number of carbonyl (C=O) groups excluding carboxylic acids is 3. The molecule has 1 spiro atoms. The SMILES string of the molecule is CCCCN1CC=C[C@]23O[C@H]4/C=C\CCCOC(=O)[C@H]4[C@H]2C(=O)N([C@@H](CO)C(C)C)C3C1=O. The summed E-state index contributed by atoms with van der Waals surface area (Å²) in [7, 11) is 0. The van der Waals surface area contributed by atoms with Gasteiger partial charge in [0.15, 0.2) is 0 Å². The van der Waals surface area contributed by atoms with Crippen molar-refractivity contribution in [1.29, 1.82) is 0 Å². The Morgan fingerprint density at radius 2 is 2.00 bits per heavy atom. The summed E-state index contributed by atoms with van der Waals surface area (Å²) in [6.45, 7) is 6.93. The van der Waals surface area contributed by atoms with Gasteiger partial charge in [-0.05, 0) is 25.2 Å². The molecule has 8 nitrogen and oxygen atoms in total. The Morgan fingerprint density at radius 1 is 1.21 bits per heavy atom. The predicted octanol–water partition coefficient (Wildman–Crippen LogP) is 1.68. The van der Waals surface area contributed by atoms with Gasteiger partial charge in [-0.25, -0.2) is 0 Å². The van der Waals surface area contributed by atoms with E-state index in [1.54, 1.807) is 4.90 Å². The van der Waals surface area contributed by atoms with Crippen LogP contribution >= 0.6 is 0 Å². The summed E-state index contributed by atoms with van der Waals surface area (Å²) in [5.74, 6) is -2.75. The average molecular weight is 461 g/mol. The first-order valence-corrected chi connectivity index (χ1v) is 12.3. The van der Waals surface area contributed by atoms with E-state index in [4.69, 9.17) is 9.47 Å². The van der Waals surface area contributed by atoms with Gasteiger partial charge < -0.3 is 24.4 Å². The van der Waals surface area contributed by atoms with E-state index in [1.165, 1.54) is 4.90 Å². The van der Waals surface area contributed by atoms with Crippen molar-refractivity contribution in [3.05, 3.63) is 24.3 Å². The highest BCUT2D eigenvalue weighted by atomic mass is 16.6. The lowest BCUT2D eigenvalue weighted by Gasteiger charge is -2.39. The molecule has 8 heteroatoms. The monoisotopic (exact) mass is 460 g/mol. The molecule has 0 radical (unpaired) electrons. The van der Waals surface area contributed by atoms with Gasteiger partial charge in [0.2, 0.25) is 11.8 Å². The van der Waals surface area contributed by atoms with E-state index in [0.717, 1.165) is 19.3 Å². The molecular formula is C25H36N2O6. The Bertz CT molecular complexity index is 839. The number of carbonyl (C=O) groups is 3. The molecule has 4 heterocycles. The topological polar surface area (TPSA) is 96.4 Å². The lowest BCUT2D eigenvalue weighted by atomic mass is 9.78. The van der Waals surface area contributed by atoms with Gasteiger partial charge in [-0.1, -0.05) is 51.5 Å². The Balaban J connectivity index is 1.83. The Labute approximate surface area is 195 Å². The molecule has 0 aromatic heterocycles. The molecule has 0 saturated carbocycles. The third-order valence-electron chi connectivity index (χ3n) is 7.47. The average Bonchev–Trinajstić information content (AvgIpc) is 3.19. The number of ether oxygens (including phenoxy) is 2. The number of esters is 1. The molecular weight excluding hydrogens is 424 g/mol. The Hall–Kier alpha value is -2.19. The number of rotatable bonds is 6. The van der Waals surface area contributed by atoms with Crippen molar-refractivity contribution in [1.82, 2.24) is 9.80 Å². The van der Waals surface area contributed by atoms with Crippen LogP contribution in [0.25, 0.3) is 0 Å². The van der Waals surface area contributed by atoms with Crippen molar-refractivity contribution in [2.75, 3.05) is 26.3 Å². The van der Waals surface area contributed by atoms with Gasteiger partial charge in [-0.15, -0.1) is 0 Å². The standard InChI is InChI=1S/C25H36N2O6/c1-4-5-12-26-13-9-11-25-20(19-18(33-25)10-7-6-8-14-32-24(19)31)22(29)27(21(25)23(26)30)17(15-28)16(2)3/h7,9-11,16-21,28H,4-6,8,12-15H2,1-3H3/b10-7-/t17-,18-,19+,20-,21?,25-/m0/s1. The van der Waals surface area contributed by atoms with Crippen molar-refractivity contribution in [3.63, 3.8) is 0 Å². The number of amides is 2. The molecule has 2 fully saturated rings. The van der Waals surface area contributed by atoms with Crippen molar-refractivity contribution in [3.8, 4) is 0 Å². The molecule has 182 valence electrons. The number of unbranched alkanes of at least 4 members (excludes halogenated alkanes) is 1. The second-order valence-corrected chi connectivity index (χ2v) is 9.86. The summed E-state index contributed by atoms with van der Waals surface area (Å²) in [6, 6.07) is -1.49. The normalized spacial score (nSPS) is 35.8. The molecule has 1 unspecified atom stereocenters. The van der Waals surface area contributed by atoms with E-state index in [-0.39, 0.29) is 30.9 Å². The van der Waals surface area contributed by atoms with E-state index in [2.05, 4.69) is 6.92 Å². The molecule has 0 aromatic rings. The molecule has 0 bridgehead atoms. The summed E-state index contributed by atoms with van der Waals surface area (Å²) in [6.07, 6.45) is 10.2. The molecule has 2 amide bonds. The molecule has 2 saturated heterocycles. The first-order valence-electron chi connectivity index (χ1n) is 12.3. The van der Waals surface area contributed by atoms with Crippen LogP contribution in [0.5, 0.6) is 0 Å². The van der Waals surface area contributed by atoms with E-state index in [9.17, 15) is 19.5 Å². The van der Waals surface area contributed by atoms with Crippen molar-refractivity contribution in [2.24, 2.45) is 17.8 Å². The third-order valence-corrected chi connectivity index (χ3v) is 7.47. The van der Waals surface area contributed by atoms with Crippen LogP contribution in [-0.4, -0.2) is 82.8 Å². The number of fused-ring (bicyclic) bond motifs is 2. The van der Waals surface area contributed by atoms with E-state index < -0.39 is 41.6 Å². The third kappa shape index (κ3) is 3.91. The van der Waals surface area contributed by atoms with Crippen LogP contribution in [0.3, 0.4) is 0 Å². The highest BCUT2D eigenvalue weighted by Crippen LogP contribution is 2.54. The van der Waals surface area contributed by atoms with Crippen LogP contribution in [0.1, 0.15) is 46.5 Å². The number of cyclic esters (lactones) is 1. The van der Waals surface area contributed by atoms with Gasteiger partial charge in [-0.3, -0.25) is 14.4 Å². The minimum Gasteiger partial charge on any atom is -0.465 e. The van der Waals surface area contributed by atoms with Crippen molar-refractivity contribution in [2.45, 2.75) is 70.2 Å². The van der Waals surface area contributed by atoms with Crippen molar-refractivity contribution >= 4 is 17.8 Å². The van der Waals surface area contributed by atoms with Crippen LogP contribution in [0, 0.1) is 17.8 Å². The smallest absolute Gasteiger partial charge is 0.312 e. The van der Waals surface area contributed by atoms with Gasteiger partial charge in [0, 0.05) is 13.1 Å². The molecule has 4 rings (SSSR count). The summed E-state index contributed by atoms with van der Waals surface area (Å²) in [5.41, 5.74) is -1.27. The molecule has 1 N–H and O–H groups in total. The van der Waals surface area contributed by atoms with Gasteiger partial charge >= 0.3 is 5.97 Å². The van der Waals surface area contributed by atoms with E-state index >= 15 is 0 Å². The summed E-state index contributed by atoms with van der Waals surface area (Å²) in [5, 5.41) is 10.2. The first kappa shape index (κ1) is 24.0. The van der Waals surface area contributed by atoms with Crippen LogP contribution in [0.15, 0.2) is 24.3 Å². The fraction of sp³-hybridized carbons (Fsp3) is 0.720. The summed E-state index contributed by atoms with van der Waals surface area (Å²) in [4.78, 5) is 44.4.